The third kappa shape index (κ3) is 4.35. The number of rotatable bonds is 4. The monoisotopic (exact) mass is 384 g/mol. The molecule has 0 saturated carbocycles. The highest BCUT2D eigenvalue weighted by molar-refractivity contribution is 5.99. The standard InChI is InChI=1S/C20H28N6O2/c1-11-5-13(8-21)10-24-19(11)12(2)25-18(27)7-14-6-15-16(26-20(14)28)3-4-23-17(15)9-22/h6,11-13,15-17,19,23-24H,3-5,7,10H2,1-2H3,(H,25,27)(H,26,28)/t11?,12-,13?,15?,16?,17?,19?/m0/s1. The summed E-state index contributed by atoms with van der Waals surface area (Å²) in [4.78, 5) is 24.9. The average Bonchev–Trinajstić information content (AvgIpc) is 2.67. The van der Waals surface area contributed by atoms with Gasteiger partial charge in [0, 0.05) is 36.2 Å². The van der Waals surface area contributed by atoms with Gasteiger partial charge in [-0.25, -0.2) is 0 Å². The van der Waals surface area contributed by atoms with E-state index in [1.54, 1.807) is 6.08 Å². The van der Waals surface area contributed by atoms with Crippen LogP contribution in [0.2, 0.25) is 0 Å². The Morgan fingerprint density at radius 2 is 2.14 bits per heavy atom. The Morgan fingerprint density at radius 1 is 1.36 bits per heavy atom. The van der Waals surface area contributed by atoms with E-state index < -0.39 is 0 Å². The summed E-state index contributed by atoms with van der Waals surface area (Å²) in [5.74, 6) is -0.254. The topological polar surface area (TPSA) is 130 Å². The molecule has 0 aromatic rings. The van der Waals surface area contributed by atoms with E-state index in [0.29, 0.717) is 18.7 Å². The number of carbonyl (C=O) groups excluding carboxylic acids is 2. The molecule has 3 aliphatic heterocycles. The van der Waals surface area contributed by atoms with Gasteiger partial charge in [0.25, 0.3) is 0 Å². The molecule has 0 bridgehead atoms. The molecule has 0 aromatic heterocycles. The first-order valence-electron chi connectivity index (χ1n) is 9.99. The molecule has 8 nitrogen and oxygen atoms in total. The van der Waals surface area contributed by atoms with Crippen LogP contribution in [-0.4, -0.2) is 49.1 Å². The lowest BCUT2D eigenvalue weighted by Crippen LogP contribution is -2.57. The minimum absolute atomic E-state index is 0.000532. The summed E-state index contributed by atoms with van der Waals surface area (Å²) >= 11 is 0. The van der Waals surface area contributed by atoms with Crippen LogP contribution in [-0.2, 0) is 9.59 Å². The van der Waals surface area contributed by atoms with Gasteiger partial charge in [0.1, 0.15) is 6.04 Å². The van der Waals surface area contributed by atoms with Crippen molar-refractivity contribution in [3.63, 3.8) is 0 Å². The maximum Gasteiger partial charge on any atom is 0.247 e. The van der Waals surface area contributed by atoms with E-state index in [4.69, 9.17) is 5.26 Å². The normalized spacial score (nSPS) is 36.0. The number of nitriles is 2. The van der Waals surface area contributed by atoms with Gasteiger partial charge >= 0.3 is 0 Å². The lowest BCUT2D eigenvalue weighted by molar-refractivity contribution is -0.124. The van der Waals surface area contributed by atoms with Gasteiger partial charge in [0.05, 0.1) is 24.5 Å². The molecule has 0 spiro atoms. The zero-order valence-corrected chi connectivity index (χ0v) is 16.4. The van der Waals surface area contributed by atoms with Crippen molar-refractivity contribution in [2.45, 2.75) is 57.3 Å². The third-order valence-corrected chi connectivity index (χ3v) is 6.14. The molecular weight excluding hydrogens is 356 g/mol. The van der Waals surface area contributed by atoms with Gasteiger partial charge in [-0.15, -0.1) is 0 Å². The first kappa shape index (κ1) is 20.3. The van der Waals surface area contributed by atoms with Gasteiger partial charge in [0.15, 0.2) is 0 Å². The Kier molecular flexibility index (Phi) is 6.33. The van der Waals surface area contributed by atoms with Gasteiger partial charge in [0.2, 0.25) is 11.8 Å². The summed E-state index contributed by atoms with van der Waals surface area (Å²) in [7, 11) is 0. The first-order valence-corrected chi connectivity index (χ1v) is 9.99. The van der Waals surface area contributed by atoms with Crippen molar-refractivity contribution < 1.29 is 9.59 Å². The second-order valence-electron chi connectivity index (χ2n) is 8.20. The predicted molar refractivity (Wildman–Crippen MR) is 102 cm³/mol. The fraction of sp³-hybridized carbons (Fsp3) is 0.700. The van der Waals surface area contributed by atoms with E-state index in [-0.39, 0.29) is 60.2 Å². The molecule has 2 fully saturated rings. The molecule has 8 heteroatoms. The zero-order valence-electron chi connectivity index (χ0n) is 16.4. The molecule has 3 heterocycles. The minimum atomic E-state index is -0.350. The number of piperidine rings is 2. The molecular formula is C20H28N6O2. The molecule has 0 aromatic carbocycles. The number of hydrogen-bond acceptors (Lipinski definition) is 6. The molecule has 2 saturated heterocycles. The van der Waals surface area contributed by atoms with Crippen LogP contribution in [0.4, 0.5) is 0 Å². The highest BCUT2D eigenvalue weighted by Gasteiger charge is 2.38. The molecule has 28 heavy (non-hydrogen) atoms. The Balaban J connectivity index is 1.59. The second-order valence-corrected chi connectivity index (χ2v) is 8.20. The summed E-state index contributed by atoms with van der Waals surface area (Å²) in [6.07, 6.45) is 3.39. The first-order chi connectivity index (χ1) is 13.4. The number of carbonyl (C=O) groups is 2. The van der Waals surface area contributed by atoms with E-state index in [2.05, 4.69) is 40.3 Å². The highest BCUT2D eigenvalue weighted by atomic mass is 16.2. The van der Waals surface area contributed by atoms with Gasteiger partial charge in [-0.05, 0) is 32.2 Å². The quantitative estimate of drug-likeness (QED) is 0.537. The van der Waals surface area contributed by atoms with Crippen LogP contribution >= 0.6 is 0 Å². The van der Waals surface area contributed by atoms with Gasteiger partial charge in [-0.1, -0.05) is 13.0 Å². The third-order valence-electron chi connectivity index (χ3n) is 6.14. The van der Waals surface area contributed by atoms with Crippen molar-refractivity contribution in [2.24, 2.45) is 17.8 Å². The number of nitrogens with zero attached hydrogens (tertiary/aromatic N) is 2. The molecule has 7 atom stereocenters. The van der Waals surface area contributed by atoms with Crippen LogP contribution in [0.5, 0.6) is 0 Å². The molecule has 3 aliphatic rings. The van der Waals surface area contributed by atoms with E-state index in [1.807, 2.05) is 6.92 Å². The zero-order chi connectivity index (χ0) is 20.3. The summed E-state index contributed by atoms with van der Waals surface area (Å²) in [6.45, 7) is 5.35. The Labute approximate surface area is 165 Å². The highest BCUT2D eigenvalue weighted by Crippen LogP contribution is 2.26. The molecule has 6 unspecified atom stereocenters. The van der Waals surface area contributed by atoms with Crippen LogP contribution in [0.3, 0.4) is 0 Å². The Morgan fingerprint density at radius 3 is 2.82 bits per heavy atom. The van der Waals surface area contributed by atoms with Crippen molar-refractivity contribution in [1.82, 2.24) is 21.3 Å². The molecule has 3 rings (SSSR count). The van der Waals surface area contributed by atoms with E-state index in [0.717, 1.165) is 12.8 Å². The number of nitrogens with one attached hydrogen (secondary N) is 4. The van der Waals surface area contributed by atoms with Crippen molar-refractivity contribution in [1.29, 1.82) is 10.5 Å². The van der Waals surface area contributed by atoms with Crippen LogP contribution in [0.15, 0.2) is 11.6 Å². The second kappa shape index (κ2) is 8.72. The van der Waals surface area contributed by atoms with Gasteiger partial charge < -0.3 is 21.3 Å². The fourth-order valence-corrected chi connectivity index (χ4v) is 4.67. The molecule has 4 N–H and O–H groups in total. The minimum Gasteiger partial charge on any atom is -0.352 e. The van der Waals surface area contributed by atoms with Crippen LogP contribution < -0.4 is 21.3 Å². The summed E-state index contributed by atoms with van der Waals surface area (Å²) < 4.78 is 0. The molecule has 0 aliphatic carbocycles. The summed E-state index contributed by atoms with van der Waals surface area (Å²) in [5, 5.41) is 30.9. The fourth-order valence-electron chi connectivity index (χ4n) is 4.67. The number of fused-ring (bicyclic) bond motifs is 1. The van der Waals surface area contributed by atoms with Crippen molar-refractivity contribution in [2.75, 3.05) is 13.1 Å². The van der Waals surface area contributed by atoms with Gasteiger partial charge in [-0.3, -0.25) is 9.59 Å². The largest absolute Gasteiger partial charge is 0.352 e. The maximum atomic E-state index is 12.6. The lowest BCUT2D eigenvalue weighted by Gasteiger charge is -2.38. The number of amides is 2. The van der Waals surface area contributed by atoms with Crippen molar-refractivity contribution >= 4 is 11.8 Å². The Bertz CT molecular complexity index is 736. The van der Waals surface area contributed by atoms with Crippen LogP contribution in [0.1, 0.15) is 33.1 Å². The van der Waals surface area contributed by atoms with Crippen LogP contribution in [0.25, 0.3) is 0 Å². The summed E-state index contributed by atoms with van der Waals surface area (Å²) in [6, 6.07) is 4.12. The van der Waals surface area contributed by atoms with E-state index in [1.165, 1.54) is 0 Å². The number of hydrogen-bond donors (Lipinski definition) is 4. The summed E-state index contributed by atoms with van der Waals surface area (Å²) in [5.41, 5.74) is 0.420. The van der Waals surface area contributed by atoms with E-state index >= 15 is 0 Å². The van der Waals surface area contributed by atoms with E-state index in [9.17, 15) is 14.9 Å². The smallest absolute Gasteiger partial charge is 0.247 e. The average molecular weight is 384 g/mol. The van der Waals surface area contributed by atoms with Crippen molar-refractivity contribution in [3.05, 3.63) is 11.6 Å². The Hall–Kier alpha value is -2.42. The lowest BCUT2D eigenvalue weighted by atomic mass is 9.81. The van der Waals surface area contributed by atoms with Crippen LogP contribution in [0, 0.1) is 40.4 Å². The van der Waals surface area contributed by atoms with Gasteiger partial charge in [-0.2, -0.15) is 10.5 Å². The molecule has 2 amide bonds. The maximum absolute atomic E-state index is 12.6. The van der Waals surface area contributed by atoms with Crippen molar-refractivity contribution in [3.8, 4) is 12.1 Å². The predicted octanol–water partition coefficient (Wildman–Crippen LogP) is -0.0545. The molecule has 150 valence electrons. The molecule has 0 radical (unpaired) electrons. The SMILES string of the molecule is CC1CC(C#N)CNC1[C@H](C)NC(=O)CC1=CC2C(C#N)NCCC2NC1=O.